The van der Waals surface area contributed by atoms with Crippen molar-refractivity contribution < 1.29 is 9.53 Å². The normalized spacial score (nSPS) is 13.2. The van der Waals surface area contributed by atoms with Crippen LogP contribution in [0.3, 0.4) is 0 Å². The minimum atomic E-state index is -0.476. The lowest BCUT2D eigenvalue weighted by Gasteiger charge is -2.22. The highest BCUT2D eigenvalue weighted by atomic mass is 32.1. The number of rotatable bonds is 8. The van der Waals surface area contributed by atoms with Gasteiger partial charge in [0.25, 0.3) is 0 Å². The van der Waals surface area contributed by atoms with Crippen LogP contribution in [0.25, 0.3) is 4.96 Å². The van der Waals surface area contributed by atoms with Gasteiger partial charge in [-0.25, -0.2) is 9.78 Å². The molecule has 7 heteroatoms. The van der Waals surface area contributed by atoms with Crippen LogP contribution in [0, 0.1) is 6.92 Å². The van der Waals surface area contributed by atoms with Crippen molar-refractivity contribution in [3.05, 3.63) is 23.0 Å². The second kappa shape index (κ2) is 8.67. The monoisotopic (exact) mass is 366 g/mol. The van der Waals surface area contributed by atoms with E-state index in [1.807, 2.05) is 33.1 Å². The molecule has 2 aromatic rings. The quantitative estimate of drug-likeness (QED) is 0.744. The minimum Gasteiger partial charge on any atom is -0.444 e. The number of fused-ring (bicyclic) bond motifs is 1. The zero-order valence-corrected chi connectivity index (χ0v) is 16.7. The SMILES string of the molecule is CCCCC(CNC(=O)OC(C)(C)C)NCc1c(C)nc2sccn12. The predicted molar refractivity (Wildman–Crippen MR) is 102 cm³/mol. The topological polar surface area (TPSA) is 67.7 Å². The lowest BCUT2D eigenvalue weighted by Crippen LogP contribution is -2.42. The molecule has 25 heavy (non-hydrogen) atoms. The molecule has 2 rings (SSSR count). The highest BCUT2D eigenvalue weighted by Crippen LogP contribution is 2.17. The highest BCUT2D eigenvalue weighted by Gasteiger charge is 2.18. The maximum absolute atomic E-state index is 11.9. The van der Waals surface area contributed by atoms with Gasteiger partial charge in [0, 0.05) is 30.7 Å². The van der Waals surface area contributed by atoms with Crippen LogP contribution in [-0.4, -0.2) is 33.7 Å². The summed E-state index contributed by atoms with van der Waals surface area (Å²) >= 11 is 1.64. The number of carbonyl (C=O) groups is 1. The summed E-state index contributed by atoms with van der Waals surface area (Å²) < 4.78 is 7.45. The average Bonchev–Trinajstić information content (AvgIpc) is 3.06. The number of aryl methyl sites for hydroxylation is 1. The summed E-state index contributed by atoms with van der Waals surface area (Å²) in [5.74, 6) is 0. The summed E-state index contributed by atoms with van der Waals surface area (Å²) in [6, 6.07) is 0.205. The first-order valence-corrected chi connectivity index (χ1v) is 9.79. The Bertz CT molecular complexity index is 687. The smallest absolute Gasteiger partial charge is 0.407 e. The molecule has 140 valence electrons. The second-order valence-corrected chi connectivity index (χ2v) is 8.18. The van der Waals surface area contributed by atoms with Crippen LogP contribution in [0.1, 0.15) is 58.3 Å². The number of alkyl carbamates (subject to hydrolysis) is 1. The highest BCUT2D eigenvalue weighted by molar-refractivity contribution is 7.15. The molecule has 2 aromatic heterocycles. The van der Waals surface area contributed by atoms with E-state index in [1.165, 1.54) is 5.69 Å². The second-order valence-electron chi connectivity index (χ2n) is 7.30. The number of hydrogen-bond donors (Lipinski definition) is 2. The number of thiazole rings is 1. The Balaban J connectivity index is 1.92. The van der Waals surface area contributed by atoms with Gasteiger partial charge in [0.05, 0.1) is 11.4 Å². The number of imidazole rings is 1. The standard InChI is InChI=1S/C18H30N4O2S/c1-6-7-8-14(11-20-17(23)24-18(3,4)5)19-12-15-13(2)21-16-22(15)9-10-25-16/h9-10,14,19H,6-8,11-12H2,1-5H3,(H,20,23). The van der Waals surface area contributed by atoms with Crippen LogP contribution < -0.4 is 10.6 Å². The van der Waals surface area contributed by atoms with Gasteiger partial charge in [0.2, 0.25) is 0 Å². The van der Waals surface area contributed by atoms with Gasteiger partial charge in [0.1, 0.15) is 5.60 Å². The molecular formula is C18H30N4O2S. The van der Waals surface area contributed by atoms with E-state index in [4.69, 9.17) is 4.74 Å². The summed E-state index contributed by atoms with van der Waals surface area (Å²) in [7, 11) is 0. The van der Waals surface area contributed by atoms with Gasteiger partial charge in [-0.3, -0.25) is 4.40 Å². The zero-order chi connectivity index (χ0) is 18.4. The van der Waals surface area contributed by atoms with E-state index in [0.29, 0.717) is 6.54 Å². The van der Waals surface area contributed by atoms with Crippen molar-refractivity contribution in [2.75, 3.05) is 6.54 Å². The Labute approximate surface area is 154 Å². The van der Waals surface area contributed by atoms with Gasteiger partial charge in [-0.1, -0.05) is 19.8 Å². The number of ether oxygens (including phenoxy) is 1. The first-order chi connectivity index (χ1) is 11.8. The molecule has 6 nitrogen and oxygen atoms in total. The molecule has 0 saturated carbocycles. The van der Waals surface area contributed by atoms with E-state index in [-0.39, 0.29) is 12.1 Å². The summed E-state index contributed by atoms with van der Waals surface area (Å²) in [5.41, 5.74) is 1.75. The molecular weight excluding hydrogens is 336 g/mol. The third-order valence-electron chi connectivity index (χ3n) is 3.92. The Morgan fingerprint density at radius 3 is 2.88 bits per heavy atom. The van der Waals surface area contributed by atoms with E-state index >= 15 is 0 Å². The molecule has 0 bridgehead atoms. The molecule has 0 aliphatic heterocycles. The molecule has 0 fully saturated rings. The molecule has 0 aliphatic carbocycles. The van der Waals surface area contributed by atoms with Gasteiger partial charge in [-0.05, 0) is 34.1 Å². The van der Waals surface area contributed by atoms with Crippen LogP contribution in [-0.2, 0) is 11.3 Å². The first kappa shape index (κ1) is 19.7. The molecule has 0 aromatic carbocycles. The Hall–Kier alpha value is -1.60. The number of amides is 1. The van der Waals surface area contributed by atoms with Crippen molar-refractivity contribution in [2.24, 2.45) is 0 Å². The fraction of sp³-hybridized carbons (Fsp3) is 0.667. The first-order valence-electron chi connectivity index (χ1n) is 8.91. The third kappa shape index (κ3) is 6.01. The van der Waals surface area contributed by atoms with E-state index in [9.17, 15) is 4.79 Å². The molecule has 0 saturated heterocycles. The summed E-state index contributed by atoms with van der Waals surface area (Å²) in [4.78, 5) is 17.5. The molecule has 1 atom stereocenters. The van der Waals surface area contributed by atoms with Gasteiger partial charge in [0.15, 0.2) is 4.96 Å². The molecule has 2 heterocycles. The zero-order valence-electron chi connectivity index (χ0n) is 15.9. The van der Waals surface area contributed by atoms with Gasteiger partial charge in [-0.2, -0.15) is 0 Å². The average molecular weight is 367 g/mol. The summed E-state index contributed by atoms with van der Waals surface area (Å²) in [6.45, 7) is 11.1. The van der Waals surface area contributed by atoms with Gasteiger partial charge >= 0.3 is 6.09 Å². The largest absolute Gasteiger partial charge is 0.444 e. The van der Waals surface area contributed by atoms with Crippen molar-refractivity contribution in [3.8, 4) is 0 Å². The van der Waals surface area contributed by atoms with Gasteiger partial charge in [-0.15, -0.1) is 11.3 Å². The van der Waals surface area contributed by atoms with Crippen molar-refractivity contribution >= 4 is 22.4 Å². The predicted octanol–water partition coefficient (Wildman–Crippen LogP) is 3.88. The van der Waals surface area contributed by atoms with Crippen LogP contribution in [0.4, 0.5) is 4.79 Å². The van der Waals surface area contributed by atoms with Crippen LogP contribution >= 0.6 is 11.3 Å². The number of carbonyl (C=O) groups excluding carboxylic acids is 1. The van der Waals surface area contributed by atoms with Crippen molar-refractivity contribution in [3.63, 3.8) is 0 Å². The number of nitrogens with one attached hydrogen (secondary N) is 2. The third-order valence-corrected chi connectivity index (χ3v) is 4.67. The molecule has 1 unspecified atom stereocenters. The lowest BCUT2D eigenvalue weighted by atomic mass is 10.1. The van der Waals surface area contributed by atoms with Crippen LogP contribution in [0.15, 0.2) is 11.6 Å². The fourth-order valence-electron chi connectivity index (χ4n) is 2.64. The number of unbranched alkanes of at least 4 members (excludes halogenated alkanes) is 1. The van der Waals surface area contributed by atoms with Crippen molar-refractivity contribution in [1.82, 2.24) is 20.0 Å². The lowest BCUT2D eigenvalue weighted by molar-refractivity contribution is 0.0521. The molecule has 0 aliphatic rings. The molecule has 0 radical (unpaired) electrons. The van der Waals surface area contributed by atoms with Crippen molar-refractivity contribution in [2.45, 2.75) is 72.1 Å². The minimum absolute atomic E-state index is 0.205. The maximum Gasteiger partial charge on any atom is 0.407 e. The Kier molecular flexibility index (Phi) is 6.84. The van der Waals surface area contributed by atoms with E-state index in [2.05, 4.69) is 33.1 Å². The molecule has 1 amide bonds. The van der Waals surface area contributed by atoms with Crippen molar-refractivity contribution in [1.29, 1.82) is 0 Å². The van der Waals surface area contributed by atoms with Gasteiger partial charge < -0.3 is 15.4 Å². The number of aromatic nitrogens is 2. The summed E-state index contributed by atoms with van der Waals surface area (Å²) in [6.07, 6.45) is 4.95. The molecule has 2 N–H and O–H groups in total. The molecule has 0 spiro atoms. The Morgan fingerprint density at radius 2 is 2.20 bits per heavy atom. The Morgan fingerprint density at radius 1 is 1.44 bits per heavy atom. The number of hydrogen-bond acceptors (Lipinski definition) is 5. The van der Waals surface area contributed by atoms with Crippen LogP contribution in [0.2, 0.25) is 0 Å². The summed E-state index contributed by atoms with van der Waals surface area (Å²) in [5, 5.41) is 8.50. The fourth-order valence-corrected chi connectivity index (χ4v) is 3.42. The van der Waals surface area contributed by atoms with E-state index in [0.717, 1.165) is 36.5 Å². The van der Waals surface area contributed by atoms with Crippen LogP contribution in [0.5, 0.6) is 0 Å². The van der Waals surface area contributed by atoms with E-state index < -0.39 is 5.60 Å². The van der Waals surface area contributed by atoms with E-state index in [1.54, 1.807) is 11.3 Å². The maximum atomic E-state index is 11.9. The number of nitrogens with zero attached hydrogens (tertiary/aromatic N) is 2.